The van der Waals surface area contributed by atoms with E-state index in [4.69, 9.17) is 9.84 Å². The molecule has 2 amide bonds. The van der Waals surface area contributed by atoms with Gasteiger partial charge in [0.05, 0.1) is 18.5 Å². The Kier molecular flexibility index (Phi) is 8.26. The van der Waals surface area contributed by atoms with Crippen molar-refractivity contribution < 1.29 is 14.3 Å². The van der Waals surface area contributed by atoms with Crippen LogP contribution in [0, 0.1) is 19.8 Å². The van der Waals surface area contributed by atoms with E-state index in [-0.39, 0.29) is 24.3 Å². The molecule has 0 radical (unpaired) electrons. The summed E-state index contributed by atoms with van der Waals surface area (Å²) in [6.45, 7) is 8.33. The van der Waals surface area contributed by atoms with Gasteiger partial charge < -0.3 is 15.0 Å². The van der Waals surface area contributed by atoms with Crippen LogP contribution in [0.5, 0.6) is 5.75 Å². The Balaban J connectivity index is 1.69. The van der Waals surface area contributed by atoms with Gasteiger partial charge in [0.2, 0.25) is 5.91 Å². The van der Waals surface area contributed by atoms with Crippen molar-refractivity contribution in [2.45, 2.75) is 27.7 Å². The first kappa shape index (κ1) is 26.7. The first-order valence-electron chi connectivity index (χ1n) is 12.7. The van der Waals surface area contributed by atoms with E-state index in [1.54, 1.807) is 41.0 Å². The molecule has 196 valence electrons. The Bertz CT molecular complexity index is 1430. The maximum absolute atomic E-state index is 13.6. The molecule has 0 unspecified atom stereocenters. The molecule has 0 fully saturated rings. The van der Waals surface area contributed by atoms with Crippen LogP contribution in [0.15, 0.2) is 78.9 Å². The van der Waals surface area contributed by atoms with Crippen LogP contribution < -0.4 is 10.1 Å². The van der Waals surface area contributed by atoms with Gasteiger partial charge in [-0.2, -0.15) is 5.10 Å². The van der Waals surface area contributed by atoms with Crippen molar-refractivity contribution in [3.05, 3.63) is 95.7 Å². The molecule has 0 aliphatic rings. The summed E-state index contributed by atoms with van der Waals surface area (Å²) in [6, 6.07) is 24.8. The van der Waals surface area contributed by atoms with Gasteiger partial charge in [-0.1, -0.05) is 68.4 Å². The molecule has 3 aromatic carbocycles. The van der Waals surface area contributed by atoms with Crippen molar-refractivity contribution in [3.63, 3.8) is 0 Å². The van der Waals surface area contributed by atoms with Crippen molar-refractivity contribution in [1.29, 1.82) is 0 Å². The molecule has 0 aliphatic heterocycles. The highest BCUT2D eigenvalue weighted by atomic mass is 16.5. The molecule has 0 spiro atoms. The number of ether oxygens (including phenoxy) is 1. The van der Waals surface area contributed by atoms with Gasteiger partial charge >= 0.3 is 0 Å². The standard InChI is InChI=1S/C31H34N4O3/c1-21(2)19-34(31(37)25-15-11-16-26(18-25)38-5)20-28(36)32-30-29(24-13-7-6-8-14-24)23(4)33-35(30)27-17-10-9-12-22(27)3/h6-18,21H,19-20H2,1-5H3,(H,32,36). The highest BCUT2D eigenvalue weighted by Gasteiger charge is 2.24. The van der Waals surface area contributed by atoms with Crippen molar-refractivity contribution in [2.24, 2.45) is 5.92 Å². The van der Waals surface area contributed by atoms with Crippen LogP contribution in [0.4, 0.5) is 5.82 Å². The van der Waals surface area contributed by atoms with Crippen molar-refractivity contribution >= 4 is 17.6 Å². The number of nitrogens with zero attached hydrogens (tertiary/aromatic N) is 3. The molecule has 1 heterocycles. The summed E-state index contributed by atoms with van der Waals surface area (Å²) in [5.74, 6) is 0.826. The van der Waals surface area contributed by atoms with Crippen molar-refractivity contribution in [2.75, 3.05) is 25.5 Å². The first-order chi connectivity index (χ1) is 18.3. The molecule has 1 aromatic heterocycles. The molecule has 7 heteroatoms. The summed E-state index contributed by atoms with van der Waals surface area (Å²) >= 11 is 0. The lowest BCUT2D eigenvalue weighted by molar-refractivity contribution is -0.117. The van der Waals surface area contributed by atoms with Gasteiger partial charge in [0.25, 0.3) is 5.91 Å². The largest absolute Gasteiger partial charge is 0.497 e. The number of carbonyl (C=O) groups is 2. The Labute approximate surface area is 224 Å². The number of methoxy groups -OCH3 is 1. The summed E-state index contributed by atoms with van der Waals surface area (Å²) in [4.78, 5) is 28.6. The predicted octanol–water partition coefficient (Wildman–Crippen LogP) is 5.90. The summed E-state index contributed by atoms with van der Waals surface area (Å²) in [5.41, 5.74) is 4.97. The average molecular weight is 511 g/mol. The quantitative estimate of drug-likeness (QED) is 0.304. The van der Waals surface area contributed by atoms with Gasteiger partial charge in [-0.3, -0.25) is 9.59 Å². The maximum atomic E-state index is 13.6. The minimum atomic E-state index is -0.297. The molecule has 1 N–H and O–H groups in total. The van der Waals surface area contributed by atoms with Gasteiger partial charge in [-0.05, 0) is 55.2 Å². The van der Waals surface area contributed by atoms with E-state index in [0.717, 1.165) is 28.1 Å². The Hall–Kier alpha value is -4.39. The second kappa shape index (κ2) is 11.8. The monoisotopic (exact) mass is 510 g/mol. The summed E-state index contributed by atoms with van der Waals surface area (Å²) in [6.07, 6.45) is 0. The van der Waals surface area contributed by atoms with Crippen LogP contribution in [0.3, 0.4) is 0 Å². The molecule has 0 bridgehead atoms. The first-order valence-corrected chi connectivity index (χ1v) is 12.7. The van der Waals surface area contributed by atoms with Crippen LogP contribution in [0.1, 0.15) is 35.5 Å². The molecule has 38 heavy (non-hydrogen) atoms. The van der Waals surface area contributed by atoms with Crippen molar-refractivity contribution in [3.8, 4) is 22.6 Å². The fraction of sp³-hybridized carbons (Fsp3) is 0.258. The zero-order valence-electron chi connectivity index (χ0n) is 22.6. The summed E-state index contributed by atoms with van der Waals surface area (Å²) in [7, 11) is 1.56. The number of amides is 2. The SMILES string of the molecule is COc1cccc(C(=O)N(CC(=O)Nc2c(-c3ccccc3)c(C)nn2-c2ccccc2C)CC(C)C)c1. The van der Waals surface area contributed by atoms with E-state index in [0.29, 0.717) is 23.7 Å². The molecule has 0 saturated carbocycles. The number of hydrogen-bond donors (Lipinski definition) is 1. The van der Waals surface area contributed by atoms with Crippen LogP contribution in [0.2, 0.25) is 0 Å². The highest BCUT2D eigenvalue weighted by Crippen LogP contribution is 2.34. The zero-order valence-corrected chi connectivity index (χ0v) is 22.6. The smallest absolute Gasteiger partial charge is 0.254 e. The zero-order chi connectivity index (χ0) is 27.2. The molecular formula is C31H34N4O3. The van der Waals surface area contributed by atoms with Crippen LogP contribution in [0.25, 0.3) is 16.8 Å². The molecule has 0 atom stereocenters. The lowest BCUT2D eigenvalue weighted by Crippen LogP contribution is -2.40. The Morgan fingerprint density at radius 3 is 2.37 bits per heavy atom. The van der Waals surface area contributed by atoms with E-state index in [1.165, 1.54) is 0 Å². The lowest BCUT2D eigenvalue weighted by atomic mass is 10.1. The number of rotatable bonds is 9. The molecule has 7 nitrogen and oxygen atoms in total. The number of benzene rings is 3. The number of aromatic nitrogens is 2. The van der Waals surface area contributed by atoms with Gasteiger partial charge in [0, 0.05) is 17.7 Å². The fourth-order valence-corrected chi connectivity index (χ4v) is 4.51. The van der Waals surface area contributed by atoms with E-state index in [2.05, 4.69) is 5.32 Å². The molecule has 4 rings (SSSR count). The predicted molar refractivity (Wildman–Crippen MR) is 151 cm³/mol. The van der Waals surface area contributed by atoms with Gasteiger partial charge in [0.15, 0.2) is 0 Å². The third-order valence-electron chi connectivity index (χ3n) is 6.25. The summed E-state index contributed by atoms with van der Waals surface area (Å²) < 4.78 is 7.07. The minimum Gasteiger partial charge on any atom is -0.497 e. The van der Waals surface area contributed by atoms with Gasteiger partial charge in [-0.15, -0.1) is 0 Å². The normalized spacial score (nSPS) is 10.9. The number of hydrogen-bond acceptors (Lipinski definition) is 4. The third kappa shape index (κ3) is 5.94. The third-order valence-corrected chi connectivity index (χ3v) is 6.25. The maximum Gasteiger partial charge on any atom is 0.254 e. The average Bonchev–Trinajstić information content (AvgIpc) is 3.23. The number of para-hydroxylation sites is 1. The Morgan fingerprint density at radius 1 is 0.974 bits per heavy atom. The Morgan fingerprint density at radius 2 is 1.68 bits per heavy atom. The van der Waals surface area contributed by atoms with E-state index >= 15 is 0 Å². The topological polar surface area (TPSA) is 76.5 Å². The van der Waals surface area contributed by atoms with Crippen molar-refractivity contribution in [1.82, 2.24) is 14.7 Å². The second-order valence-corrected chi connectivity index (χ2v) is 9.73. The fourth-order valence-electron chi connectivity index (χ4n) is 4.51. The molecule has 4 aromatic rings. The highest BCUT2D eigenvalue weighted by molar-refractivity contribution is 6.01. The molecule has 0 saturated heterocycles. The molecular weight excluding hydrogens is 476 g/mol. The van der Waals surface area contributed by atoms with Crippen LogP contribution >= 0.6 is 0 Å². The van der Waals surface area contributed by atoms with Crippen LogP contribution in [-0.2, 0) is 4.79 Å². The van der Waals surface area contributed by atoms with E-state index < -0.39 is 0 Å². The molecule has 0 aliphatic carbocycles. The number of aryl methyl sites for hydroxylation is 2. The number of nitrogens with one attached hydrogen (secondary N) is 1. The van der Waals surface area contributed by atoms with E-state index in [1.807, 2.05) is 82.3 Å². The van der Waals surface area contributed by atoms with Gasteiger partial charge in [0.1, 0.15) is 18.1 Å². The summed E-state index contributed by atoms with van der Waals surface area (Å²) in [5, 5.41) is 7.91. The second-order valence-electron chi connectivity index (χ2n) is 9.73. The van der Waals surface area contributed by atoms with Crippen LogP contribution in [-0.4, -0.2) is 46.7 Å². The number of carbonyl (C=O) groups excluding carboxylic acids is 2. The van der Waals surface area contributed by atoms with E-state index in [9.17, 15) is 9.59 Å². The minimum absolute atomic E-state index is 0.0968. The van der Waals surface area contributed by atoms with Gasteiger partial charge in [-0.25, -0.2) is 4.68 Å². The number of anilines is 1. The lowest BCUT2D eigenvalue weighted by Gasteiger charge is -2.24.